The minimum atomic E-state index is -0.0500. The SMILES string of the molecule is CC(=O)SC1CC(=O)N(c2nc(Br)ccc2N)C1. The third kappa shape index (κ3) is 2.84. The molecular formula is C11H12BrN3O2S. The molecule has 1 aromatic heterocycles. The third-order valence-corrected chi connectivity index (χ3v) is 3.97. The van der Waals surface area contributed by atoms with Crippen LogP contribution in [-0.2, 0) is 9.59 Å². The number of aromatic nitrogens is 1. The molecule has 1 aliphatic heterocycles. The second-order valence-electron chi connectivity index (χ2n) is 3.99. The Hall–Kier alpha value is -1.08. The third-order valence-electron chi connectivity index (χ3n) is 2.55. The summed E-state index contributed by atoms with van der Waals surface area (Å²) in [6.07, 6.45) is 0.345. The van der Waals surface area contributed by atoms with E-state index in [2.05, 4.69) is 20.9 Å². The van der Waals surface area contributed by atoms with E-state index in [1.165, 1.54) is 18.7 Å². The topological polar surface area (TPSA) is 76.3 Å². The lowest BCUT2D eigenvalue weighted by atomic mass is 10.3. The quantitative estimate of drug-likeness (QED) is 0.837. The number of nitrogens with two attached hydrogens (primary N) is 1. The summed E-state index contributed by atoms with van der Waals surface area (Å²) < 4.78 is 0.627. The minimum absolute atomic E-state index is 0.0184. The monoisotopic (exact) mass is 329 g/mol. The van der Waals surface area contributed by atoms with Crippen LogP contribution < -0.4 is 10.6 Å². The van der Waals surface area contributed by atoms with Crippen LogP contribution in [0.2, 0.25) is 0 Å². The Bertz CT molecular complexity index is 509. The van der Waals surface area contributed by atoms with E-state index in [0.717, 1.165) is 0 Å². The highest BCUT2D eigenvalue weighted by atomic mass is 79.9. The zero-order valence-electron chi connectivity index (χ0n) is 9.72. The molecule has 2 heterocycles. The standard InChI is InChI=1S/C11H12BrN3O2S/c1-6(16)18-7-4-10(17)15(5-7)11-8(13)2-3-9(12)14-11/h2-3,7H,4-5,13H2,1H3. The van der Waals surface area contributed by atoms with Gasteiger partial charge in [-0.05, 0) is 28.1 Å². The van der Waals surface area contributed by atoms with Gasteiger partial charge in [-0.2, -0.15) is 0 Å². The Balaban J connectivity index is 2.21. The molecule has 18 heavy (non-hydrogen) atoms. The molecule has 0 aromatic carbocycles. The van der Waals surface area contributed by atoms with Crippen molar-refractivity contribution in [3.05, 3.63) is 16.7 Å². The molecule has 0 aliphatic carbocycles. The van der Waals surface area contributed by atoms with Crippen molar-refractivity contribution in [3.8, 4) is 0 Å². The molecule has 0 radical (unpaired) electrons. The summed E-state index contributed by atoms with van der Waals surface area (Å²) in [7, 11) is 0. The molecule has 5 nitrogen and oxygen atoms in total. The van der Waals surface area contributed by atoms with E-state index in [1.54, 1.807) is 17.0 Å². The predicted octanol–water partition coefficient (Wildman–Crippen LogP) is 1.81. The molecule has 96 valence electrons. The van der Waals surface area contributed by atoms with Crippen molar-refractivity contribution in [2.45, 2.75) is 18.6 Å². The fourth-order valence-corrected chi connectivity index (χ4v) is 3.06. The van der Waals surface area contributed by atoms with E-state index >= 15 is 0 Å². The molecule has 1 saturated heterocycles. The van der Waals surface area contributed by atoms with Crippen molar-refractivity contribution in [1.29, 1.82) is 0 Å². The summed E-state index contributed by atoms with van der Waals surface area (Å²) in [5, 5.41) is 0.00000462. The van der Waals surface area contributed by atoms with Gasteiger partial charge in [-0.3, -0.25) is 14.5 Å². The number of carbonyl (C=O) groups excluding carboxylic acids is 2. The van der Waals surface area contributed by atoms with Crippen molar-refractivity contribution in [2.75, 3.05) is 17.2 Å². The van der Waals surface area contributed by atoms with Crippen LogP contribution in [0.4, 0.5) is 11.5 Å². The maximum Gasteiger partial charge on any atom is 0.229 e. The van der Waals surface area contributed by atoms with E-state index in [1.807, 2.05) is 0 Å². The zero-order valence-corrected chi connectivity index (χ0v) is 12.1. The van der Waals surface area contributed by atoms with Gasteiger partial charge in [0.15, 0.2) is 10.9 Å². The number of carbonyl (C=O) groups is 2. The lowest BCUT2D eigenvalue weighted by Gasteiger charge is -2.17. The molecule has 0 bridgehead atoms. The van der Waals surface area contributed by atoms with Crippen molar-refractivity contribution in [2.24, 2.45) is 0 Å². The average molecular weight is 330 g/mol. The van der Waals surface area contributed by atoms with Gasteiger partial charge in [0.2, 0.25) is 5.91 Å². The van der Waals surface area contributed by atoms with Gasteiger partial charge >= 0.3 is 0 Å². The Morgan fingerprint density at radius 3 is 3.00 bits per heavy atom. The van der Waals surface area contributed by atoms with Gasteiger partial charge in [-0.25, -0.2) is 4.98 Å². The molecule has 1 fully saturated rings. The van der Waals surface area contributed by atoms with Crippen LogP contribution in [-0.4, -0.2) is 27.8 Å². The van der Waals surface area contributed by atoms with Gasteiger partial charge in [0, 0.05) is 25.1 Å². The normalized spacial score (nSPS) is 19.3. The Kier molecular flexibility index (Phi) is 3.91. The molecule has 1 aromatic rings. The molecule has 7 heteroatoms. The number of hydrogen-bond acceptors (Lipinski definition) is 5. The van der Waals surface area contributed by atoms with Crippen LogP contribution >= 0.6 is 27.7 Å². The van der Waals surface area contributed by atoms with Crippen LogP contribution in [0.1, 0.15) is 13.3 Å². The average Bonchev–Trinajstić information content (AvgIpc) is 2.62. The highest BCUT2D eigenvalue weighted by Crippen LogP contribution is 2.31. The maximum absolute atomic E-state index is 11.9. The predicted molar refractivity (Wildman–Crippen MR) is 75.4 cm³/mol. The minimum Gasteiger partial charge on any atom is -0.396 e. The first-order chi connectivity index (χ1) is 8.47. The molecule has 2 N–H and O–H groups in total. The van der Waals surface area contributed by atoms with E-state index < -0.39 is 0 Å². The first kappa shape index (κ1) is 13.4. The highest BCUT2D eigenvalue weighted by Gasteiger charge is 2.33. The first-order valence-electron chi connectivity index (χ1n) is 5.37. The molecule has 1 atom stereocenters. The zero-order chi connectivity index (χ0) is 13.3. The summed E-state index contributed by atoms with van der Waals surface area (Å²) in [4.78, 5) is 28.7. The van der Waals surface area contributed by atoms with Gasteiger partial charge in [-0.15, -0.1) is 0 Å². The molecule has 1 amide bonds. The number of thioether (sulfide) groups is 1. The number of rotatable bonds is 2. The number of pyridine rings is 1. The van der Waals surface area contributed by atoms with Crippen molar-refractivity contribution in [1.82, 2.24) is 4.98 Å². The largest absolute Gasteiger partial charge is 0.396 e. The van der Waals surface area contributed by atoms with E-state index in [0.29, 0.717) is 29.1 Å². The smallest absolute Gasteiger partial charge is 0.229 e. The van der Waals surface area contributed by atoms with Crippen LogP contribution in [0.15, 0.2) is 16.7 Å². The van der Waals surface area contributed by atoms with Gasteiger partial charge in [0.1, 0.15) is 4.60 Å². The van der Waals surface area contributed by atoms with Crippen LogP contribution in [0.5, 0.6) is 0 Å². The van der Waals surface area contributed by atoms with Gasteiger partial charge in [0.25, 0.3) is 0 Å². The molecular weight excluding hydrogens is 318 g/mol. The van der Waals surface area contributed by atoms with E-state index in [-0.39, 0.29) is 16.3 Å². The number of hydrogen-bond donors (Lipinski definition) is 1. The number of amides is 1. The van der Waals surface area contributed by atoms with Gasteiger partial charge in [0.05, 0.1) is 5.69 Å². The Labute approximate surface area is 117 Å². The van der Waals surface area contributed by atoms with Crippen LogP contribution in [0.3, 0.4) is 0 Å². The summed E-state index contributed by atoms with van der Waals surface area (Å²) in [6, 6.07) is 3.42. The van der Waals surface area contributed by atoms with Crippen molar-refractivity contribution in [3.63, 3.8) is 0 Å². The molecule has 1 unspecified atom stereocenters. The van der Waals surface area contributed by atoms with Gasteiger partial charge < -0.3 is 5.73 Å². The fourth-order valence-electron chi connectivity index (χ4n) is 1.85. The molecule has 0 saturated carbocycles. The van der Waals surface area contributed by atoms with Crippen LogP contribution in [0.25, 0.3) is 0 Å². The van der Waals surface area contributed by atoms with E-state index in [9.17, 15) is 9.59 Å². The van der Waals surface area contributed by atoms with Crippen LogP contribution in [0, 0.1) is 0 Å². The fraction of sp³-hybridized carbons (Fsp3) is 0.364. The van der Waals surface area contributed by atoms with Crippen molar-refractivity contribution >= 4 is 50.2 Å². The molecule has 2 rings (SSSR count). The number of anilines is 2. The molecule has 0 spiro atoms. The maximum atomic E-state index is 11.9. The summed E-state index contributed by atoms with van der Waals surface area (Å²) >= 11 is 4.45. The summed E-state index contributed by atoms with van der Waals surface area (Å²) in [5.74, 6) is 0.409. The lowest BCUT2D eigenvalue weighted by Crippen LogP contribution is -2.27. The van der Waals surface area contributed by atoms with Crippen molar-refractivity contribution < 1.29 is 9.59 Å². The van der Waals surface area contributed by atoms with E-state index in [4.69, 9.17) is 5.73 Å². The Morgan fingerprint density at radius 1 is 1.61 bits per heavy atom. The van der Waals surface area contributed by atoms with Gasteiger partial charge in [-0.1, -0.05) is 11.8 Å². The number of halogens is 1. The Morgan fingerprint density at radius 2 is 2.33 bits per heavy atom. The summed E-state index contributed by atoms with van der Waals surface area (Å²) in [6.45, 7) is 1.97. The first-order valence-corrected chi connectivity index (χ1v) is 7.04. The lowest BCUT2D eigenvalue weighted by molar-refractivity contribution is -0.117. The molecule has 1 aliphatic rings. The number of nitrogen functional groups attached to an aromatic ring is 1. The second kappa shape index (κ2) is 5.27. The number of nitrogens with zero attached hydrogens (tertiary/aromatic N) is 2. The highest BCUT2D eigenvalue weighted by molar-refractivity contribution is 9.10. The second-order valence-corrected chi connectivity index (χ2v) is 6.28. The summed E-state index contributed by atoms with van der Waals surface area (Å²) in [5.41, 5.74) is 6.29.